The third kappa shape index (κ3) is 2.65. The fraction of sp³-hybridized carbons (Fsp3) is 0.667. The highest BCUT2D eigenvalue weighted by Crippen LogP contribution is 2.58. The fourth-order valence-electron chi connectivity index (χ4n) is 7.24. The van der Waals surface area contributed by atoms with Gasteiger partial charge in [0.1, 0.15) is 5.66 Å². The van der Waals surface area contributed by atoms with E-state index in [9.17, 15) is 9.59 Å². The van der Waals surface area contributed by atoms with E-state index >= 15 is 0 Å². The average molecular weight is 409 g/mol. The predicted octanol–water partition coefficient (Wildman–Crippen LogP) is 2.67. The molecule has 3 aliphatic heterocycles. The van der Waals surface area contributed by atoms with Gasteiger partial charge in [0.05, 0.1) is 5.56 Å². The van der Waals surface area contributed by atoms with Crippen LogP contribution in [0, 0.1) is 17.3 Å². The lowest BCUT2D eigenvalue weighted by Crippen LogP contribution is -2.70. The zero-order valence-corrected chi connectivity index (χ0v) is 17.8. The van der Waals surface area contributed by atoms with Gasteiger partial charge in [0, 0.05) is 43.2 Å². The summed E-state index contributed by atoms with van der Waals surface area (Å²) in [4.78, 5) is 31.3. The van der Waals surface area contributed by atoms with Gasteiger partial charge in [0.2, 0.25) is 5.91 Å². The molecule has 6 nitrogen and oxygen atoms in total. The van der Waals surface area contributed by atoms with Crippen LogP contribution in [0.3, 0.4) is 0 Å². The minimum absolute atomic E-state index is 0.0146. The van der Waals surface area contributed by atoms with E-state index in [-0.39, 0.29) is 17.2 Å². The number of hydrogen-bond acceptors (Lipinski definition) is 4. The van der Waals surface area contributed by atoms with Crippen LogP contribution < -0.4 is 10.6 Å². The summed E-state index contributed by atoms with van der Waals surface area (Å²) in [5.74, 6) is 0.746. The highest BCUT2D eigenvalue weighted by Gasteiger charge is 2.60. The van der Waals surface area contributed by atoms with Crippen LogP contribution in [0.25, 0.3) is 0 Å². The van der Waals surface area contributed by atoms with Crippen molar-refractivity contribution in [2.75, 3.05) is 31.5 Å². The Balaban J connectivity index is 1.24. The zero-order valence-electron chi connectivity index (χ0n) is 17.8. The molecule has 2 bridgehead atoms. The number of fused-ring (bicyclic) bond motifs is 4. The van der Waals surface area contributed by atoms with Crippen LogP contribution in [0.1, 0.15) is 55.8 Å². The lowest BCUT2D eigenvalue weighted by atomic mass is 9.51. The number of nitrogens with one attached hydrogen (secondary N) is 2. The summed E-state index contributed by atoms with van der Waals surface area (Å²) in [5.41, 5.74) is 1.15. The predicted molar refractivity (Wildman–Crippen MR) is 115 cm³/mol. The largest absolute Gasteiger partial charge is 0.362 e. The molecule has 0 radical (unpaired) electrons. The van der Waals surface area contributed by atoms with E-state index in [0.29, 0.717) is 17.9 Å². The van der Waals surface area contributed by atoms with Gasteiger partial charge in [-0.15, -0.1) is 0 Å². The van der Waals surface area contributed by atoms with Crippen LogP contribution in [-0.2, 0) is 4.79 Å². The minimum atomic E-state index is -0.417. The van der Waals surface area contributed by atoms with Crippen LogP contribution in [0.15, 0.2) is 24.3 Å². The molecule has 0 aromatic heterocycles. The van der Waals surface area contributed by atoms with E-state index in [0.717, 1.165) is 56.6 Å². The second-order valence-electron chi connectivity index (χ2n) is 10.6. The molecular formula is C24H32N4O2. The topological polar surface area (TPSA) is 64.7 Å². The second kappa shape index (κ2) is 6.46. The van der Waals surface area contributed by atoms with Gasteiger partial charge < -0.3 is 15.5 Å². The molecule has 3 heterocycles. The van der Waals surface area contributed by atoms with Crippen molar-refractivity contribution in [2.24, 2.45) is 17.3 Å². The summed E-state index contributed by atoms with van der Waals surface area (Å²) < 4.78 is 0. The number of amides is 2. The van der Waals surface area contributed by atoms with Crippen molar-refractivity contribution in [3.8, 4) is 0 Å². The van der Waals surface area contributed by atoms with Gasteiger partial charge in [-0.05, 0) is 62.6 Å². The first-order chi connectivity index (χ1) is 14.5. The number of hydrogen-bond donors (Lipinski definition) is 2. The molecule has 2 N–H and O–H groups in total. The molecule has 6 aliphatic rings. The first-order valence-corrected chi connectivity index (χ1v) is 11.7. The van der Waals surface area contributed by atoms with E-state index in [1.54, 1.807) is 0 Å². The molecule has 7 rings (SSSR count). The zero-order chi connectivity index (χ0) is 20.5. The van der Waals surface area contributed by atoms with E-state index in [1.165, 1.54) is 19.4 Å². The molecule has 6 heteroatoms. The maximum atomic E-state index is 13.7. The van der Waals surface area contributed by atoms with Crippen LogP contribution in [-0.4, -0.2) is 59.5 Å². The summed E-state index contributed by atoms with van der Waals surface area (Å²) in [5, 5.41) is 7.04. The number of carbonyl (C=O) groups is 2. The van der Waals surface area contributed by atoms with Gasteiger partial charge in [-0.1, -0.05) is 19.1 Å². The Morgan fingerprint density at radius 3 is 2.87 bits per heavy atom. The quantitative estimate of drug-likeness (QED) is 0.750. The van der Waals surface area contributed by atoms with E-state index in [1.807, 2.05) is 24.3 Å². The molecule has 30 heavy (non-hydrogen) atoms. The number of para-hydroxylation sites is 1. The lowest BCUT2D eigenvalue weighted by Gasteiger charge is -2.61. The standard InChI is InChI=1S/C24H32N4O2/c1-23-9-8-16(24(15-23)25-20-7-3-2-6-18(20)21(29)26-24)13-19(23)22(30)28-12-11-27-10-4-5-17(27)14-28/h2-3,6-7,16-17,19,25H,4-5,8-15H2,1H3,(H,26,29)/t16-,17+,19+,23+,24-/m0/s1. The third-order valence-corrected chi connectivity index (χ3v) is 8.87. The Morgan fingerprint density at radius 1 is 1.13 bits per heavy atom. The number of benzene rings is 1. The summed E-state index contributed by atoms with van der Waals surface area (Å²) in [6, 6.07) is 8.34. The van der Waals surface area contributed by atoms with Crippen LogP contribution in [0.4, 0.5) is 5.69 Å². The number of rotatable bonds is 1. The monoisotopic (exact) mass is 408 g/mol. The first kappa shape index (κ1) is 18.7. The Bertz CT molecular complexity index is 903. The fourth-order valence-corrected chi connectivity index (χ4v) is 7.24. The molecule has 1 aromatic carbocycles. The molecule has 3 saturated carbocycles. The third-order valence-electron chi connectivity index (χ3n) is 8.87. The highest BCUT2D eigenvalue weighted by molar-refractivity contribution is 6.02. The number of nitrogens with zero attached hydrogens (tertiary/aromatic N) is 2. The van der Waals surface area contributed by atoms with Crippen molar-refractivity contribution in [3.63, 3.8) is 0 Å². The van der Waals surface area contributed by atoms with Crippen LogP contribution >= 0.6 is 0 Å². The Labute approximate surface area is 178 Å². The van der Waals surface area contributed by atoms with Crippen molar-refractivity contribution >= 4 is 17.5 Å². The van der Waals surface area contributed by atoms with Gasteiger partial charge >= 0.3 is 0 Å². The van der Waals surface area contributed by atoms with Crippen molar-refractivity contribution in [2.45, 2.75) is 57.2 Å². The highest BCUT2D eigenvalue weighted by atomic mass is 16.2. The molecule has 160 valence electrons. The number of anilines is 1. The van der Waals surface area contributed by atoms with E-state index < -0.39 is 5.66 Å². The number of carbonyl (C=O) groups excluding carboxylic acids is 2. The second-order valence-corrected chi connectivity index (χ2v) is 10.6. The maximum absolute atomic E-state index is 13.7. The van der Waals surface area contributed by atoms with E-state index in [2.05, 4.69) is 27.4 Å². The van der Waals surface area contributed by atoms with Crippen molar-refractivity contribution < 1.29 is 9.59 Å². The molecule has 0 unspecified atom stereocenters. The van der Waals surface area contributed by atoms with Gasteiger partial charge in [-0.3, -0.25) is 14.5 Å². The van der Waals surface area contributed by atoms with Gasteiger partial charge in [0.25, 0.3) is 5.91 Å². The summed E-state index contributed by atoms with van der Waals surface area (Å²) in [6.07, 6.45) is 6.32. The molecule has 3 aliphatic carbocycles. The van der Waals surface area contributed by atoms with Crippen molar-refractivity contribution in [1.29, 1.82) is 0 Å². The lowest BCUT2D eigenvalue weighted by molar-refractivity contribution is -0.153. The van der Waals surface area contributed by atoms with Crippen molar-refractivity contribution in [3.05, 3.63) is 29.8 Å². The van der Waals surface area contributed by atoms with Crippen molar-refractivity contribution in [1.82, 2.24) is 15.1 Å². The van der Waals surface area contributed by atoms with Gasteiger partial charge in [-0.2, -0.15) is 0 Å². The molecule has 5 atom stereocenters. The summed E-state index contributed by atoms with van der Waals surface area (Å²) >= 11 is 0. The Morgan fingerprint density at radius 2 is 2.00 bits per heavy atom. The number of piperazine rings is 1. The van der Waals surface area contributed by atoms with Crippen LogP contribution in [0.2, 0.25) is 0 Å². The van der Waals surface area contributed by atoms with Gasteiger partial charge in [0.15, 0.2) is 0 Å². The Hall–Kier alpha value is -2.08. The molecule has 1 aromatic rings. The molecule has 2 amide bonds. The van der Waals surface area contributed by atoms with Gasteiger partial charge in [-0.25, -0.2) is 0 Å². The minimum Gasteiger partial charge on any atom is -0.362 e. The SMILES string of the molecule is C[C@]12CC[C@@H](C[C@@H]1C(=O)N1CCN3CCC[C@@H]3C1)[C@]1(C2)NC(=O)c2ccccc2N1. The normalized spacial score (nSPS) is 40.0. The molecule has 1 spiro atoms. The first-order valence-electron chi connectivity index (χ1n) is 11.7. The maximum Gasteiger partial charge on any atom is 0.255 e. The van der Waals surface area contributed by atoms with E-state index in [4.69, 9.17) is 0 Å². The van der Waals surface area contributed by atoms with Crippen LogP contribution in [0.5, 0.6) is 0 Å². The smallest absolute Gasteiger partial charge is 0.255 e. The molecular weight excluding hydrogens is 376 g/mol. The molecule has 5 fully saturated rings. The summed E-state index contributed by atoms with van der Waals surface area (Å²) in [6.45, 7) is 6.30. The average Bonchev–Trinajstić information content (AvgIpc) is 3.21. The molecule has 2 saturated heterocycles. The Kier molecular flexibility index (Phi) is 4.02. The summed E-state index contributed by atoms with van der Waals surface area (Å²) in [7, 11) is 0.